The van der Waals surface area contributed by atoms with Gasteiger partial charge in [-0.2, -0.15) is 0 Å². The monoisotopic (exact) mass is 144 g/mol. The zero-order valence-electron chi connectivity index (χ0n) is 6.85. The molecule has 2 heteroatoms. The van der Waals surface area contributed by atoms with Crippen molar-refractivity contribution in [1.29, 1.82) is 0 Å². The molecule has 10 heavy (non-hydrogen) atoms. The van der Waals surface area contributed by atoms with Gasteiger partial charge < -0.3 is 4.74 Å². The Kier molecular flexibility index (Phi) is 13.2. The molecule has 0 aliphatic carbocycles. The molecule has 0 aromatic rings. The Bertz CT molecular complexity index is 79.3. The predicted molar refractivity (Wildman–Crippen MR) is 42.8 cm³/mol. The Balaban J connectivity index is 0. The van der Waals surface area contributed by atoms with Crippen LogP contribution >= 0.6 is 0 Å². The summed E-state index contributed by atoms with van der Waals surface area (Å²) < 4.78 is 4.64. The Morgan fingerprint density at radius 1 is 1.50 bits per heavy atom. The molecule has 0 saturated heterocycles. The third-order valence-electron chi connectivity index (χ3n) is 0.803. The second-order valence-electron chi connectivity index (χ2n) is 1.69. The van der Waals surface area contributed by atoms with Crippen LogP contribution in [0.15, 0.2) is 13.2 Å². The Labute approximate surface area is 62.9 Å². The zero-order valence-corrected chi connectivity index (χ0v) is 6.85. The van der Waals surface area contributed by atoms with Gasteiger partial charge in [0.05, 0.1) is 6.61 Å². The number of hydrogen-bond acceptors (Lipinski definition) is 2. The van der Waals surface area contributed by atoms with E-state index >= 15 is 0 Å². The van der Waals surface area contributed by atoms with Gasteiger partial charge in [0.25, 0.3) is 0 Å². The Morgan fingerprint density at radius 2 is 2.00 bits per heavy atom. The number of rotatable bonds is 3. The van der Waals surface area contributed by atoms with Crippen LogP contribution in [0.1, 0.15) is 26.7 Å². The Hall–Kier alpha value is -0.790. The normalized spacial score (nSPS) is 7.40. The van der Waals surface area contributed by atoms with Crippen molar-refractivity contribution in [3.63, 3.8) is 0 Å². The number of carbonyl (C=O) groups excluding carboxylic acids is 1. The van der Waals surface area contributed by atoms with E-state index in [0.717, 1.165) is 12.8 Å². The molecular weight excluding hydrogens is 128 g/mol. The molecule has 0 atom stereocenters. The molecule has 60 valence electrons. The molecule has 0 aromatic heterocycles. The highest BCUT2D eigenvalue weighted by molar-refractivity contribution is 5.65. The summed E-state index contributed by atoms with van der Waals surface area (Å²) in [5.41, 5.74) is 0. The SMILES string of the molecule is C=C.CCCCOC(C)=O. The molecule has 0 aliphatic rings. The molecule has 0 N–H and O–H groups in total. The third-order valence-corrected chi connectivity index (χ3v) is 0.803. The van der Waals surface area contributed by atoms with Crippen LogP contribution in [0.25, 0.3) is 0 Å². The molecule has 0 spiro atoms. The van der Waals surface area contributed by atoms with Gasteiger partial charge in [0.2, 0.25) is 0 Å². The van der Waals surface area contributed by atoms with Gasteiger partial charge in [0.15, 0.2) is 0 Å². The highest BCUT2D eigenvalue weighted by Gasteiger charge is 1.88. The number of unbranched alkanes of at least 4 members (excludes halogenated alkanes) is 1. The second-order valence-corrected chi connectivity index (χ2v) is 1.69. The summed E-state index contributed by atoms with van der Waals surface area (Å²) in [5.74, 6) is -0.182. The van der Waals surface area contributed by atoms with E-state index in [0.29, 0.717) is 6.61 Å². The smallest absolute Gasteiger partial charge is 0.302 e. The number of carbonyl (C=O) groups is 1. The first kappa shape index (κ1) is 11.9. The third kappa shape index (κ3) is 15.7. The maximum atomic E-state index is 10.1. The summed E-state index contributed by atoms with van der Waals surface area (Å²) in [6, 6.07) is 0. The first-order valence-electron chi connectivity index (χ1n) is 3.40. The van der Waals surface area contributed by atoms with Gasteiger partial charge in [-0.1, -0.05) is 13.3 Å². The average molecular weight is 144 g/mol. The van der Waals surface area contributed by atoms with E-state index in [-0.39, 0.29) is 5.97 Å². The number of ether oxygens (including phenoxy) is 1. The van der Waals surface area contributed by atoms with E-state index in [9.17, 15) is 4.79 Å². The molecule has 0 saturated carbocycles. The first-order valence-corrected chi connectivity index (χ1v) is 3.40. The molecule has 0 aliphatic heterocycles. The van der Waals surface area contributed by atoms with E-state index in [4.69, 9.17) is 0 Å². The topological polar surface area (TPSA) is 26.3 Å². The van der Waals surface area contributed by atoms with Crippen LogP contribution in [-0.2, 0) is 9.53 Å². The van der Waals surface area contributed by atoms with Gasteiger partial charge in [-0.05, 0) is 6.42 Å². The van der Waals surface area contributed by atoms with Crippen molar-refractivity contribution in [3.8, 4) is 0 Å². The van der Waals surface area contributed by atoms with Crippen molar-refractivity contribution >= 4 is 5.97 Å². The molecule has 2 nitrogen and oxygen atoms in total. The van der Waals surface area contributed by atoms with Gasteiger partial charge in [-0.15, -0.1) is 13.2 Å². The summed E-state index contributed by atoms with van der Waals surface area (Å²) in [6.45, 7) is 10.1. The largest absolute Gasteiger partial charge is 0.466 e. The van der Waals surface area contributed by atoms with E-state index in [1.54, 1.807) is 0 Å². The summed E-state index contributed by atoms with van der Waals surface area (Å²) >= 11 is 0. The zero-order chi connectivity index (χ0) is 8.41. The molecule has 0 radical (unpaired) electrons. The highest BCUT2D eigenvalue weighted by atomic mass is 16.5. The van der Waals surface area contributed by atoms with E-state index in [2.05, 4.69) is 24.8 Å². The van der Waals surface area contributed by atoms with Crippen LogP contribution in [0.2, 0.25) is 0 Å². The van der Waals surface area contributed by atoms with Crippen molar-refractivity contribution < 1.29 is 9.53 Å². The standard InChI is InChI=1S/C6H12O2.C2H4/c1-3-4-5-8-6(2)7;1-2/h3-5H2,1-2H3;1-2H2. The van der Waals surface area contributed by atoms with Crippen molar-refractivity contribution in [2.75, 3.05) is 6.61 Å². The molecule has 0 bridgehead atoms. The molecule has 0 aromatic carbocycles. The summed E-state index contributed by atoms with van der Waals surface area (Å²) in [7, 11) is 0. The lowest BCUT2D eigenvalue weighted by molar-refractivity contribution is -0.141. The average Bonchev–Trinajstić information content (AvgIpc) is 1.92. The fourth-order valence-corrected chi connectivity index (χ4v) is 0.360. The number of hydrogen-bond donors (Lipinski definition) is 0. The van der Waals surface area contributed by atoms with Crippen molar-refractivity contribution in [2.45, 2.75) is 26.7 Å². The van der Waals surface area contributed by atoms with Crippen LogP contribution < -0.4 is 0 Å². The fraction of sp³-hybridized carbons (Fsp3) is 0.625. The van der Waals surface area contributed by atoms with E-state index < -0.39 is 0 Å². The first-order chi connectivity index (χ1) is 4.77. The van der Waals surface area contributed by atoms with Crippen LogP contribution in [0, 0.1) is 0 Å². The van der Waals surface area contributed by atoms with Crippen molar-refractivity contribution in [2.24, 2.45) is 0 Å². The lowest BCUT2D eigenvalue weighted by Gasteiger charge is -1.96. The minimum atomic E-state index is -0.182. The van der Waals surface area contributed by atoms with Gasteiger partial charge in [0, 0.05) is 6.92 Å². The molecular formula is C8H16O2. The summed E-state index contributed by atoms with van der Waals surface area (Å²) in [4.78, 5) is 10.1. The van der Waals surface area contributed by atoms with Crippen LogP contribution in [0.3, 0.4) is 0 Å². The maximum absolute atomic E-state index is 10.1. The fourth-order valence-electron chi connectivity index (χ4n) is 0.360. The Morgan fingerprint density at radius 3 is 2.30 bits per heavy atom. The van der Waals surface area contributed by atoms with Gasteiger partial charge in [-0.25, -0.2) is 0 Å². The predicted octanol–water partition coefficient (Wildman–Crippen LogP) is 2.15. The second kappa shape index (κ2) is 11.1. The number of esters is 1. The molecule has 0 heterocycles. The van der Waals surface area contributed by atoms with Crippen LogP contribution in [0.5, 0.6) is 0 Å². The molecule has 0 amide bonds. The van der Waals surface area contributed by atoms with Crippen molar-refractivity contribution in [1.82, 2.24) is 0 Å². The van der Waals surface area contributed by atoms with Gasteiger partial charge >= 0.3 is 5.97 Å². The van der Waals surface area contributed by atoms with Crippen LogP contribution in [0.4, 0.5) is 0 Å². The van der Waals surface area contributed by atoms with Crippen LogP contribution in [-0.4, -0.2) is 12.6 Å². The maximum Gasteiger partial charge on any atom is 0.302 e. The van der Waals surface area contributed by atoms with E-state index in [1.165, 1.54) is 6.92 Å². The quantitative estimate of drug-likeness (QED) is 0.344. The van der Waals surface area contributed by atoms with Crippen molar-refractivity contribution in [3.05, 3.63) is 13.2 Å². The lowest BCUT2D eigenvalue weighted by atomic mass is 10.4. The molecule has 0 unspecified atom stereocenters. The molecule has 0 rings (SSSR count). The lowest BCUT2D eigenvalue weighted by Crippen LogP contribution is -1.99. The molecule has 0 fully saturated rings. The van der Waals surface area contributed by atoms with E-state index in [1.807, 2.05) is 0 Å². The minimum Gasteiger partial charge on any atom is -0.466 e. The summed E-state index contributed by atoms with van der Waals surface area (Å²) in [6.07, 6.45) is 2.05. The minimum absolute atomic E-state index is 0.182. The highest BCUT2D eigenvalue weighted by Crippen LogP contribution is 1.86. The van der Waals surface area contributed by atoms with Gasteiger partial charge in [-0.3, -0.25) is 4.79 Å². The van der Waals surface area contributed by atoms with Gasteiger partial charge in [0.1, 0.15) is 0 Å². The summed E-state index contributed by atoms with van der Waals surface area (Å²) in [5, 5.41) is 0.